The Morgan fingerprint density at radius 2 is 1.57 bits per heavy atom. The van der Waals surface area contributed by atoms with Gasteiger partial charge in [-0.05, 0) is 67.3 Å². The van der Waals surface area contributed by atoms with E-state index in [0.29, 0.717) is 21.9 Å². The summed E-state index contributed by atoms with van der Waals surface area (Å²) in [6.07, 6.45) is 1.51. The molecule has 2 atom stereocenters. The number of halogens is 1. The average Bonchev–Trinajstić information content (AvgIpc) is 3.34. The van der Waals surface area contributed by atoms with Crippen molar-refractivity contribution in [3.63, 3.8) is 0 Å². The SMILES string of the molecule is CCc1ccc(C(=O)N2c3ccccc3[C@@H](N(C(=O)c3sc4ccccc4c3Cl)c3ccccc3)C[C@@H]2C)cc1. The van der Waals surface area contributed by atoms with E-state index in [1.54, 1.807) is 0 Å². The highest BCUT2D eigenvalue weighted by Crippen LogP contribution is 2.45. The molecule has 200 valence electrons. The van der Waals surface area contributed by atoms with Crippen LogP contribution in [0.25, 0.3) is 10.1 Å². The molecule has 0 aliphatic carbocycles. The van der Waals surface area contributed by atoms with Gasteiger partial charge in [0.1, 0.15) is 4.88 Å². The van der Waals surface area contributed by atoms with Crippen molar-refractivity contribution in [1.29, 1.82) is 0 Å². The summed E-state index contributed by atoms with van der Waals surface area (Å²) >= 11 is 8.23. The molecule has 4 nitrogen and oxygen atoms in total. The molecule has 40 heavy (non-hydrogen) atoms. The Bertz CT molecular complexity index is 1700. The summed E-state index contributed by atoms with van der Waals surface area (Å²) in [7, 11) is 0. The molecule has 0 saturated carbocycles. The first-order chi connectivity index (χ1) is 19.5. The van der Waals surface area contributed by atoms with Gasteiger partial charge >= 0.3 is 0 Å². The van der Waals surface area contributed by atoms with Crippen molar-refractivity contribution in [2.75, 3.05) is 9.80 Å². The van der Waals surface area contributed by atoms with Crippen LogP contribution in [-0.2, 0) is 6.42 Å². The number of carbonyl (C=O) groups is 2. The van der Waals surface area contributed by atoms with Gasteiger partial charge in [-0.15, -0.1) is 11.3 Å². The van der Waals surface area contributed by atoms with Crippen LogP contribution in [0.15, 0.2) is 103 Å². The molecule has 0 N–H and O–H groups in total. The van der Waals surface area contributed by atoms with Gasteiger partial charge < -0.3 is 4.90 Å². The van der Waals surface area contributed by atoms with E-state index in [-0.39, 0.29) is 23.9 Å². The lowest BCUT2D eigenvalue weighted by Gasteiger charge is -2.43. The zero-order valence-corrected chi connectivity index (χ0v) is 24.0. The van der Waals surface area contributed by atoms with Crippen LogP contribution in [0.2, 0.25) is 5.02 Å². The molecule has 0 saturated heterocycles. The number of para-hydroxylation sites is 2. The Morgan fingerprint density at radius 3 is 2.30 bits per heavy atom. The predicted octanol–water partition coefficient (Wildman–Crippen LogP) is 8.94. The summed E-state index contributed by atoms with van der Waals surface area (Å²) in [5.74, 6) is -0.175. The molecular formula is C34H29ClN2O2S. The number of aryl methyl sites for hydroxylation is 1. The van der Waals surface area contributed by atoms with Crippen molar-refractivity contribution in [1.82, 2.24) is 0 Å². The van der Waals surface area contributed by atoms with E-state index in [1.807, 2.05) is 113 Å². The Hall–Kier alpha value is -3.93. The number of hydrogen-bond donors (Lipinski definition) is 0. The summed E-state index contributed by atoms with van der Waals surface area (Å²) in [6, 6.07) is 32.9. The van der Waals surface area contributed by atoms with E-state index in [2.05, 4.69) is 13.8 Å². The van der Waals surface area contributed by atoms with Gasteiger partial charge in [0.05, 0.1) is 11.1 Å². The van der Waals surface area contributed by atoms with Gasteiger partial charge in [0.25, 0.3) is 11.8 Å². The fraction of sp³-hybridized carbons (Fsp3) is 0.176. The first kappa shape index (κ1) is 26.3. The summed E-state index contributed by atoms with van der Waals surface area (Å²) < 4.78 is 0.979. The molecule has 6 rings (SSSR count). The second-order valence-corrected chi connectivity index (χ2v) is 11.6. The van der Waals surface area contributed by atoms with Crippen LogP contribution in [0.4, 0.5) is 11.4 Å². The van der Waals surface area contributed by atoms with E-state index in [9.17, 15) is 9.59 Å². The largest absolute Gasteiger partial charge is 0.305 e. The zero-order chi connectivity index (χ0) is 27.8. The maximum Gasteiger partial charge on any atom is 0.270 e. The second-order valence-electron chi connectivity index (χ2n) is 10.1. The van der Waals surface area contributed by atoms with Crippen LogP contribution >= 0.6 is 22.9 Å². The number of amides is 2. The second kappa shape index (κ2) is 10.9. The highest BCUT2D eigenvalue weighted by atomic mass is 35.5. The van der Waals surface area contributed by atoms with Gasteiger partial charge in [0, 0.05) is 33.1 Å². The van der Waals surface area contributed by atoms with Crippen molar-refractivity contribution in [3.8, 4) is 0 Å². The van der Waals surface area contributed by atoms with Crippen LogP contribution in [0.1, 0.15) is 57.5 Å². The Labute approximate surface area is 243 Å². The monoisotopic (exact) mass is 564 g/mol. The van der Waals surface area contributed by atoms with Crippen molar-refractivity contribution in [3.05, 3.63) is 130 Å². The van der Waals surface area contributed by atoms with Gasteiger partial charge in [-0.25, -0.2) is 0 Å². The van der Waals surface area contributed by atoms with Crippen LogP contribution in [0.5, 0.6) is 0 Å². The van der Waals surface area contributed by atoms with E-state index in [1.165, 1.54) is 16.9 Å². The minimum absolute atomic E-state index is 0.0359. The van der Waals surface area contributed by atoms with Crippen LogP contribution in [0, 0.1) is 0 Å². The van der Waals surface area contributed by atoms with Gasteiger partial charge in [0.2, 0.25) is 0 Å². The molecule has 0 fully saturated rings. The number of thiophene rings is 1. The maximum absolute atomic E-state index is 14.4. The molecule has 1 aliphatic rings. The first-order valence-electron chi connectivity index (χ1n) is 13.5. The first-order valence-corrected chi connectivity index (χ1v) is 14.7. The third-order valence-electron chi connectivity index (χ3n) is 7.68. The number of anilines is 2. The quantitative estimate of drug-likeness (QED) is 0.214. The molecule has 0 bridgehead atoms. The Balaban J connectivity index is 1.45. The zero-order valence-electron chi connectivity index (χ0n) is 22.4. The smallest absolute Gasteiger partial charge is 0.270 e. The van der Waals surface area contributed by atoms with Gasteiger partial charge in [-0.3, -0.25) is 14.5 Å². The molecule has 1 aromatic heterocycles. The molecule has 1 aliphatic heterocycles. The number of nitrogens with zero attached hydrogens (tertiary/aromatic N) is 2. The third kappa shape index (κ3) is 4.59. The van der Waals surface area contributed by atoms with Gasteiger partial charge in [-0.1, -0.05) is 85.3 Å². The normalized spacial score (nSPS) is 16.5. The Morgan fingerprint density at radius 1 is 0.900 bits per heavy atom. The number of carbonyl (C=O) groups excluding carboxylic acids is 2. The number of rotatable bonds is 5. The topological polar surface area (TPSA) is 40.6 Å². The molecule has 2 amide bonds. The summed E-state index contributed by atoms with van der Waals surface area (Å²) in [5, 5.41) is 1.37. The van der Waals surface area contributed by atoms with E-state index >= 15 is 0 Å². The summed E-state index contributed by atoms with van der Waals surface area (Å²) in [5.41, 5.74) is 4.41. The lowest BCUT2D eigenvalue weighted by molar-refractivity contribution is 0.0967. The van der Waals surface area contributed by atoms with Crippen molar-refractivity contribution < 1.29 is 9.59 Å². The Kier molecular flexibility index (Phi) is 7.18. The number of fused-ring (bicyclic) bond motifs is 2. The van der Waals surface area contributed by atoms with E-state index in [0.717, 1.165) is 33.4 Å². The van der Waals surface area contributed by atoms with Crippen molar-refractivity contribution in [2.45, 2.75) is 38.8 Å². The number of benzene rings is 4. The van der Waals surface area contributed by atoms with Crippen LogP contribution in [0.3, 0.4) is 0 Å². The highest BCUT2D eigenvalue weighted by Gasteiger charge is 2.40. The minimum Gasteiger partial charge on any atom is -0.305 e. The summed E-state index contributed by atoms with van der Waals surface area (Å²) in [6.45, 7) is 4.16. The van der Waals surface area contributed by atoms with Crippen LogP contribution in [-0.4, -0.2) is 17.9 Å². The molecule has 2 heterocycles. The lowest BCUT2D eigenvalue weighted by Crippen LogP contribution is -2.47. The molecule has 6 heteroatoms. The minimum atomic E-state index is -0.283. The predicted molar refractivity (Wildman–Crippen MR) is 166 cm³/mol. The molecular weight excluding hydrogens is 536 g/mol. The maximum atomic E-state index is 14.4. The van der Waals surface area contributed by atoms with Gasteiger partial charge in [0.15, 0.2) is 0 Å². The fourth-order valence-electron chi connectivity index (χ4n) is 5.65. The lowest BCUT2D eigenvalue weighted by atomic mass is 9.89. The molecule has 0 radical (unpaired) electrons. The van der Waals surface area contributed by atoms with Crippen molar-refractivity contribution in [2.24, 2.45) is 0 Å². The average molecular weight is 565 g/mol. The molecule has 0 spiro atoms. The standard InChI is InChI=1S/C34H29ClN2O2S/c1-3-23-17-19-24(20-18-23)33(38)36-22(2)21-29(26-13-7-9-15-28(26)36)37(25-11-5-4-6-12-25)34(39)32-31(35)27-14-8-10-16-30(27)40-32/h4-20,22,29H,3,21H2,1-2H3/t22-,29-/m0/s1. The molecule has 0 unspecified atom stereocenters. The molecule has 5 aromatic rings. The fourth-order valence-corrected chi connectivity index (χ4v) is 7.10. The van der Waals surface area contributed by atoms with E-state index < -0.39 is 0 Å². The van der Waals surface area contributed by atoms with Crippen LogP contribution < -0.4 is 9.80 Å². The van der Waals surface area contributed by atoms with Gasteiger partial charge in [-0.2, -0.15) is 0 Å². The highest BCUT2D eigenvalue weighted by molar-refractivity contribution is 7.21. The van der Waals surface area contributed by atoms with Crippen molar-refractivity contribution >= 4 is 56.2 Å². The van der Waals surface area contributed by atoms with E-state index in [4.69, 9.17) is 11.6 Å². The molecule has 4 aromatic carbocycles. The number of hydrogen-bond acceptors (Lipinski definition) is 3. The summed E-state index contributed by atoms with van der Waals surface area (Å²) in [4.78, 5) is 32.5. The third-order valence-corrected chi connectivity index (χ3v) is 9.35.